The molecule has 3 aromatic rings. The first kappa shape index (κ1) is 13.0. The predicted molar refractivity (Wildman–Crippen MR) is 82.4 cm³/mol. The highest BCUT2D eigenvalue weighted by Crippen LogP contribution is 2.22. The molecule has 1 aromatic carbocycles. The molecule has 0 radical (unpaired) electrons. The van der Waals surface area contributed by atoms with Gasteiger partial charge in [0.15, 0.2) is 5.65 Å². The van der Waals surface area contributed by atoms with Gasteiger partial charge < -0.3 is 5.32 Å². The molecule has 2 N–H and O–H groups in total. The maximum atomic E-state index is 13.9. The minimum Gasteiger partial charge on any atom is -0.375 e. The first-order chi connectivity index (χ1) is 10.8. The van der Waals surface area contributed by atoms with E-state index in [1.807, 2.05) is 6.08 Å². The van der Waals surface area contributed by atoms with Crippen molar-refractivity contribution >= 4 is 11.7 Å². The normalized spacial score (nSPS) is 16.3. The molecule has 6 heteroatoms. The van der Waals surface area contributed by atoms with Crippen molar-refractivity contribution < 1.29 is 4.39 Å². The lowest BCUT2D eigenvalue weighted by atomic mass is 10.1. The second-order valence-electron chi connectivity index (χ2n) is 5.11. The minimum absolute atomic E-state index is 0.277. The Bertz CT molecular complexity index is 860. The number of benzene rings is 1. The van der Waals surface area contributed by atoms with Gasteiger partial charge in [0.05, 0.1) is 18.6 Å². The minimum atomic E-state index is -0.277. The van der Waals surface area contributed by atoms with Crippen LogP contribution >= 0.6 is 0 Å². The quantitative estimate of drug-likeness (QED) is 0.759. The van der Waals surface area contributed by atoms with Crippen LogP contribution in [0, 0.1) is 5.82 Å². The third-order valence-electron chi connectivity index (χ3n) is 3.63. The molecule has 5 nitrogen and oxygen atoms in total. The Balaban J connectivity index is 1.83. The van der Waals surface area contributed by atoms with Crippen LogP contribution in [0.3, 0.4) is 0 Å². The van der Waals surface area contributed by atoms with E-state index in [0.29, 0.717) is 16.9 Å². The topological polar surface area (TPSA) is 54.2 Å². The van der Waals surface area contributed by atoms with Crippen molar-refractivity contribution in [3.8, 4) is 11.3 Å². The summed E-state index contributed by atoms with van der Waals surface area (Å²) in [5, 5.41) is 10.7. The lowest BCUT2D eigenvalue weighted by molar-refractivity contribution is 0.630. The molecule has 0 amide bonds. The number of aromatic nitrogens is 3. The van der Waals surface area contributed by atoms with Gasteiger partial charge >= 0.3 is 0 Å². The molecule has 4 rings (SSSR count). The summed E-state index contributed by atoms with van der Waals surface area (Å²) in [5.74, 6) is -0.277. The zero-order chi connectivity index (χ0) is 14.9. The summed E-state index contributed by atoms with van der Waals surface area (Å²) < 4.78 is 15.6. The number of rotatable bonds is 2. The molecule has 1 aliphatic rings. The van der Waals surface area contributed by atoms with Crippen molar-refractivity contribution in [3.05, 3.63) is 59.8 Å². The van der Waals surface area contributed by atoms with Gasteiger partial charge in [-0.25, -0.2) is 13.9 Å². The van der Waals surface area contributed by atoms with Gasteiger partial charge in [-0.1, -0.05) is 12.1 Å². The monoisotopic (exact) mass is 295 g/mol. The molecule has 1 fully saturated rings. The van der Waals surface area contributed by atoms with Crippen LogP contribution in [-0.2, 0) is 0 Å². The van der Waals surface area contributed by atoms with Crippen molar-refractivity contribution in [1.82, 2.24) is 25.2 Å². The van der Waals surface area contributed by atoms with Crippen LogP contribution in [-0.4, -0.2) is 27.8 Å². The van der Waals surface area contributed by atoms with Gasteiger partial charge in [-0.2, -0.15) is 5.10 Å². The third-order valence-corrected chi connectivity index (χ3v) is 3.63. The molecule has 1 aliphatic heterocycles. The molecule has 0 bridgehead atoms. The van der Waals surface area contributed by atoms with Crippen LogP contribution in [0.2, 0.25) is 0 Å². The van der Waals surface area contributed by atoms with Gasteiger partial charge in [0.2, 0.25) is 0 Å². The largest absolute Gasteiger partial charge is 0.375 e. The Morgan fingerprint density at radius 1 is 1.23 bits per heavy atom. The summed E-state index contributed by atoms with van der Waals surface area (Å²) in [4.78, 5) is 4.58. The fourth-order valence-corrected chi connectivity index (χ4v) is 2.53. The van der Waals surface area contributed by atoms with E-state index >= 15 is 0 Å². The molecule has 110 valence electrons. The molecule has 0 atom stereocenters. The van der Waals surface area contributed by atoms with Crippen molar-refractivity contribution in [2.24, 2.45) is 0 Å². The Labute approximate surface area is 126 Å². The van der Waals surface area contributed by atoms with E-state index in [0.717, 1.165) is 24.5 Å². The van der Waals surface area contributed by atoms with E-state index in [1.54, 1.807) is 41.2 Å². The van der Waals surface area contributed by atoms with Gasteiger partial charge in [-0.3, -0.25) is 5.32 Å². The Morgan fingerprint density at radius 2 is 2.14 bits per heavy atom. The summed E-state index contributed by atoms with van der Waals surface area (Å²) in [6.07, 6.45) is 5.58. The SMILES string of the molecule is Fc1ccccc1-c1ccn2ncc(/C=C3/CNCN3)c2n1. The summed E-state index contributed by atoms with van der Waals surface area (Å²) in [6.45, 7) is 1.56. The highest BCUT2D eigenvalue weighted by molar-refractivity contribution is 5.70. The molecule has 2 aromatic heterocycles. The standard InChI is InChI=1S/C16H14FN5/c17-14-4-2-1-3-13(14)15-5-6-22-16(21-15)11(8-20-22)7-12-9-18-10-19-12/h1-8,18-19H,9-10H2/b12-7-. The first-order valence-electron chi connectivity index (χ1n) is 7.06. The smallest absolute Gasteiger partial charge is 0.162 e. The summed E-state index contributed by atoms with van der Waals surface area (Å²) in [7, 11) is 0. The lowest BCUT2D eigenvalue weighted by Gasteiger charge is -2.03. The second-order valence-corrected chi connectivity index (χ2v) is 5.11. The van der Waals surface area contributed by atoms with E-state index in [1.165, 1.54) is 6.07 Å². The highest BCUT2D eigenvalue weighted by atomic mass is 19.1. The van der Waals surface area contributed by atoms with E-state index in [4.69, 9.17) is 0 Å². The van der Waals surface area contributed by atoms with E-state index in [-0.39, 0.29) is 5.82 Å². The second kappa shape index (κ2) is 5.23. The number of hydrogen-bond acceptors (Lipinski definition) is 4. The Kier molecular flexibility index (Phi) is 3.08. The number of hydrogen-bond donors (Lipinski definition) is 2. The van der Waals surface area contributed by atoms with Crippen LogP contribution in [0.1, 0.15) is 5.56 Å². The van der Waals surface area contributed by atoms with Gasteiger partial charge in [0.1, 0.15) is 5.82 Å². The van der Waals surface area contributed by atoms with Crippen LogP contribution in [0.15, 0.2) is 48.4 Å². The van der Waals surface area contributed by atoms with Crippen molar-refractivity contribution in [1.29, 1.82) is 0 Å². The third kappa shape index (κ3) is 2.23. The fourth-order valence-electron chi connectivity index (χ4n) is 2.53. The summed E-state index contributed by atoms with van der Waals surface area (Å²) >= 11 is 0. The fraction of sp³-hybridized carbons (Fsp3) is 0.125. The van der Waals surface area contributed by atoms with Crippen molar-refractivity contribution in [2.45, 2.75) is 0 Å². The Hall–Kier alpha value is -2.73. The first-order valence-corrected chi connectivity index (χ1v) is 7.06. The van der Waals surface area contributed by atoms with Gasteiger partial charge in [-0.15, -0.1) is 0 Å². The summed E-state index contributed by atoms with van der Waals surface area (Å²) in [6, 6.07) is 8.41. The number of nitrogens with zero attached hydrogens (tertiary/aromatic N) is 3. The molecular weight excluding hydrogens is 281 g/mol. The van der Waals surface area contributed by atoms with Crippen molar-refractivity contribution in [3.63, 3.8) is 0 Å². The van der Waals surface area contributed by atoms with E-state index in [9.17, 15) is 4.39 Å². The summed E-state index contributed by atoms with van der Waals surface area (Å²) in [5.41, 5.74) is 3.80. The average Bonchev–Trinajstić information content (AvgIpc) is 3.18. The average molecular weight is 295 g/mol. The molecule has 0 spiro atoms. The molecule has 1 saturated heterocycles. The molecular formula is C16H14FN5. The van der Waals surface area contributed by atoms with Crippen LogP contribution < -0.4 is 10.6 Å². The van der Waals surface area contributed by atoms with Crippen molar-refractivity contribution in [2.75, 3.05) is 13.2 Å². The zero-order valence-electron chi connectivity index (χ0n) is 11.8. The number of fused-ring (bicyclic) bond motifs is 1. The van der Waals surface area contributed by atoms with Gasteiger partial charge in [0, 0.05) is 29.6 Å². The number of halogens is 1. The maximum Gasteiger partial charge on any atom is 0.162 e. The molecule has 3 heterocycles. The van der Waals surface area contributed by atoms with Crippen LogP contribution in [0.5, 0.6) is 0 Å². The molecule has 0 unspecified atom stereocenters. The van der Waals surface area contributed by atoms with E-state index < -0.39 is 0 Å². The number of nitrogens with one attached hydrogen (secondary N) is 2. The Morgan fingerprint density at radius 3 is 2.95 bits per heavy atom. The van der Waals surface area contributed by atoms with Crippen LogP contribution in [0.4, 0.5) is 4.39 Å². The molecule has 22 heavy (non-hydrogen) atoms. The molecule has 0 saturated carbocycles. The molecule has 0 aliphatic carbocycles. The van der Waals surface area contributed by atoms with Gasteiger partial charge in [-0.05, 0) is 24.3 Å². The van der Waals surface area contributed by atoms with Gasteiger partial charge in [0.25, 0.3) is 0 Å². The van der Waals surface area contributed by atoms with E-state index in [2.05, 4.69) is 20.7 Å². The van der Waals surface area contributed by atoms with Crippen LogP contribution in [0.25, 0.3) is 23.0 Å². The zero-order valence-corrected chi connectivity index (χ0v) is 11.8. The predicted octanol–water partition coefficient (Wildman–Crippen LogP) is 2.03. The maximum absolute atomic E-state index is 13.9. The lowest BCUT2D eigenvalue weighted by Crippen LogP contribution is -2.10. The highest BCUT2D eigenvalue weighted by Gasteiger charge is 2.11.